The van der Waals surface area contributed by atoms with Crippen molar-refractivity contribution in [1.29, 1.82) is 0 Å². The number of aromatic nitrogens is 2. The van der Waals surface area contributed by atoms with Crippen LogP contribution in [0.4, 0.5) is 0 Å². The summed E-state index contributed by atoms with van der Waals surface area (Å²) in [4.78, 5) is 5.46. The second-order valence-electron chi connectivity index (χ2n) is 3.90. The van der Waals surface area contributed by atoms with E-state index >= 15 is 0 Å². The van der Waals surface area contributed by atoms with Crippen LogP contribution in [0.1, 0.15) is 24.6 Å². The number of halogens is 1. The van der Waals surface area contributed by atoms with Crippen LogP contribution in [0.15, 0.2) is 17.5 Å². The Morgan fingerprint density at radius 3 is 3.19 bits per heavy atom. The monoisotopic (exact) mass is 254 g/mol. The van der Waals surface area contributed by atoms with Gasteiger partial charge in [0.1, 0.15) is 0 Å². The van der Waals surface area contributed by atoms with Crippen molar-refractivity contribution in [2.24, 2.45) is 0 Å². The predicted molar refractivity (Wildman–Crippen MR) is 64.7 cm³/mol. The zero-order valence-electron chi connectivity index (χ0n) is 8.56. The molecule has 0 amide bonds. The number of fused-ring (bicyclic) bond motifs is 1. The van der Waals surface area contributed by atoms with Crippen LogP contribution in [0, 0.1) is 0 Å². The van der Waals surface area contributed by atoms with Gasteiger partial charge in [-0.15, -0.1) is 11.3 Å². The molecular weight excluding hydrogens is 244 g/mol. The molecule has 84 valence electrons. The number of nitrogens with zero attached hydrogens (tertiary/aromatic N) is 2. The van der Waals surface area contributed by atoms with Crippen LogP contribution >= 0.6 is 22.9 Å². The Kier molecular flexibility index (Phi) is 2.50. The first kappa shape index (κ1) is 10.3. The highest BCUT2D eigenvalue weighted by atomic mass is 35.5. The molecule has 1 aliphatic heterocycles. The maximum absolute atomic E-state index is 9.91. The molecule has 16 heavy (non-hydrogen) atoms. The summed E-state index contributed by atoms with van der Waals surface area (Å²) in [6.07, 6.45) is 1.27. The maximum atomic E-state index is 9.91. The largest absolute Gasteiger partial charge is 0.387 e. The molecule has 1 atom stereocenters. The van der Waals surface area contributed by atoms with Crippen LogP contribution in [-0.4, -0.2) is 14.7 Å². The molecule has 1 N–H and O–H groups in total. The molecule has 0 fully saturated rings. The van der Waals surface area contributed by atoms with E-state index in [1.54, 1.807) is 11.3 Å². The number of aliphatic hydroxyl groups is 1. The number of rotatable bonds is 1. The lowest BCUT2D eigenvalue weighted by Crippen LogP contribution is -2.15. The number of imidazole rings is 1. The van der Waals surface area contributed by atoms with Crippen molar-refractivity contribution in [3.63, 3.8) is 0 Å². The highest BCUT2D eigenvalue weighted by Crippen LogP contribution is 2.36. The van der Waals surface area contributed by atoms with E-state index < -0.39 is 6.10 Å². The van der Waals surface area contributed by atoms with E-state index in [2.05, 4.69) is 4.98 Å². The fourth-order valence-electron chi connectivity index (χ4n) is 2.15. The summed E-state index contributed by atoms with van der Waals surface area (Å²) < 4.78 is 2.04. The van der Waals surface area contributed by atoms with Crippen molar-refractivity contribution in [2.45, 2.75) is 25.5 Å². The lowest BCUT2D eigenvalue weighted by Gasteiger charge is -2.21. The molecule has 3 nitrogen and oxygen atoms in total. The van der Waals surface area contributed by atoms with Crippen molar-refractivity contribution in [1.82, 2.24) is 9.55 Å². The average molecular weight is 255 g/mol. The van der Waals surface area contributed by atoms with Crippen LogP contribution in [0.5, 0.6) is 0 Å². The first-order valence-electron chi connectivity index (χ1n) is 5.25. The molecule has 0 aromatic carbocycles. The van der Waals surface area contributed by atoms with Crippen LogP contribution < -0.4 is 0 Å². The molecule has 0 spiro atoms. The summed E-state index contributed by atoms with van der Waals surface area (Å²) in [5.41, 5.74) is 0.774. The lowest BCUT2D eigenvalue weighted by molar-refractivity contribution is 0.139. The van der Waals surface area contributed by atoms with Crippen molar-refractivity contribution in [2.75, 3.05) is 0 Å². The Balaban J connectivity index is 2.18. The summed E-state index contributed by atoms with van der Waals surface area (Å²) in [6, 6.07) is 4.02. The number of aliphatic hydroxyl groups excluding tert-OH is 1. The third-order valence-electron chi connectivity index (χ3n) is 2.88. The van der Waals surface area contributed by atoms with Gasteiger partial charge >= 0.3 is 0 Å². The summed E-state index contributed by atoms with van der Waals surface area (Å²) in [6.45, 7) is 0.888. The van der Waals surface area contributed by atoms with E-state index in [4.69, 9.17) is 11.6 Å². The summed E-state index contributed by atoms with van der Waals surface area (Å²) in [7, 11) is 0. The summed E-state index contributed by atoms with van der Waals surface area (Å²) >= 11 is 7.73. The third-order valence-corrected chi connectivity index (χ3v) is 4.02. The van der Waals surface area contributed by atoms with Gasteiger partial charge in [0, 0.05) is 6.54 Å². The summed E-state index contributed by atoms with van der Waals surface area (Å²) in [5, 5.41) is 12.4. The van der Waals surface area contributed by atoms with Crippen LogP contribution in [-0.2, 0) is 6.54 Å². The van der Waals surface area contributed by atoms with E-state index in [-0.39, 0.29) is 0 Å². The van der Waals surface area contributed by atoms with Crippen LogP contribution in [0.3, 0.4) is 0 Å². The zero-order chi connectivity index (χ0) is 11.1. The first-order valence-corrected chi connectivity index (χ1v) is 6.51. The molecule has 0 bridgehead atoms. The van der Waals surface area contributed by atoms with Crippen molar-refractivity contribution in [3.8, 4) is 10.7 Å². The Labute approximate surface area is 102 Å². The summed E-state index contributed by atoms with van der Waals surface area (Å²) in [5.74, 6) is 0.883. The molecule has 0 aliphatic carbocycles. The number of hydrogen-bond acceptors (Lipinski definition) is 3. The predicted octanol–water partition coefficient (Wildman–Crippen LogP) is 3.09. The second-order valence-corrected chi connectivity index (χ2v) is 5.20. The molecule has 0 saturated carbocycles. The van der Waals surface area contributed by atoms with Crippen molar-refractivity contribution < 1.29 is 5.11 Å². The highest BCUT2D eigenvalue weighted by molar-refractivity contribution is 7.13. The van der Waals surface area contributed by atoms with Gasteiger partial charge in [-0.3, -0.25) is 0 Å². The first-order chi connectivity index (χ1) is 7.77. The Morgan fingerprint density at radius 1 is 1.56 bits per heavy atom. The van der Waals surface area contributed by atoms with E-state index in [1.807, 2.05) is 22.1 Å². The smallest absolute Gasteiger partial charge is 0.153 e. The zero-order valence-corrected chi connectivity index (χ0v) is 10.1. The molecule has 5 heteroatoms. The fraction of sp³-hybridized carbons (Fsp3) is 0.364. The second kappa shape index (κ2) is 3.87. The van der Waals surface area contributed by atoms with E-state index in [0.717, 1.165) is 35.8 Å². The molecule has 3 heterocycles. The number of thiophene rings is 1. The van der Waals surface area contributed by atoms with Gasteiger partial charge in [-0.2, -0.15) is 0 Å². The standard InChI is InChI=1S/C11H11ClN2OS/c12-10-9-7(15)3-1-5-14(9)11(13-10)8-4-2-6-16-8/h2,4,6-7,15H,1,3,5H2. The molecule has 1 aliphatic rings. The Morgan fingerprint density at radius 2 is 2.44 bits per heavy atom. The molecule has 2 aromatic heterocycles. The van der Waals surface area contributed by atoms with Gasteiger partial charge in [0.15, 0.2) is 11.0 Å². The molecule has 3 rings (SSSR count). The van der Waals surface area contributed by atoms with Gasteiger partial charge in [-0.1, -0.05) is 17.7 Å². The maximum Gasteiger partial charge on any atom is 0.153 e. The minimum absolute atomic E-state index is 0.440. The minimum Gasteiger partial charge on any atom is -0.387 e. The van der Waals surface area contributed by atoms with Crippen LogP contribution in [0.25, 0.3) is 10.7 Å². The molecule has 1 unspecified atom stereocenters. The van der Waals surface area contributed by atoms with Crippen molar-refractivity contribution in [3.05, 3.63) is 28.4 Å². The van der Waals surface area contributed by atoms with Gasteiger partial charge in [-0.05, 0) is 24.3 Å². The SMILES string of the molecule is OC1CCCn2c(-c3cccs3)nc(Cl)c21. The van der Waals surface area contributed by atoms with Gasteiger partial charge < -0.3 is 9.67 Å². The van der Waals surface area contributed by atoms with Gasteiger partial charge in [0.25, 0.3) is 0 Å². The quantitative estimate of drug-likeness (QED) is 0.849. The van der Waals surface area contributed by atoms with Gasteiger partial charge in [0.05, 0.1) is 16.7 Å². The Bertz CT molecular complexity index is 506. The average Bonchev–Trinajstić information content (AvgIpc) is 2.86. The van der Waals surface area contributed by atoms with E-state index in [1.165, 1.54) is 0 Å². The fourth-order valence-corrected chi connectivity index (χ4v) is 3.18. The molecular formula is C11H11ClN2OS. The lowest BCUT2D eigenvalue weighted by atomic mass is 10.1. The van der Waals surface area contributed by atoms with Gasteiger partial charge in [-0.25, -0.2) is 4.98 Å². The molecule has 0 saturated heterocycles. The van der Waals surface area contributed by atoms with Crippen molar-refractivity contribution >= 4 is 22.9 Å². The topological polar surface area (TPSA) is 38.0 Å². The molecule has 2 aromatic rings. The number of hydrogen-bond donors (Lipinski definition) is 1. The Hall–Kier alpha value is -0.840. The van der Waals surface area contributed by atoms with E-state index in [9.17, 15) is 5.11 Å². The van der Waals surface area contributed by atoms with E-state index in [0.29, 0.717) is 5.15 Å². The highest BCUT2D eigenvalue weighted by Gasteiger charge is 2.26. The third kappa shape index (κ3) is 1.49. The minimum atomic E-state index is -0.470. The normalized spacial score (nSPS) is 19.8. The van der Waals surface area contributed by atoms with Gasteiger partial charge in [0.2, 0.25) is 0 Å². The van der Waals surface area contributed by atoms with Crippen LogP contribution in [0.2, 0.25) is 5.15 Å². The molecule has 0 radical (unpaired) electrons.